The fourth-order valence-electron chi connectivity index (χ4n) is 2.99. The fraction of sp³-hybridized carbons (Fsp3) is 0.857. The minimum Gasteiger partial charge on any atom is -0.480 e. The highest BCUT2D eigenvalue weighted by Gasteiger charge is 2.40. The summed E-state index contributed by atoms with van der Waals surface area (Å²) in [5, 5.41) is 12.6. The Morgan fingerprint density at radius 3 is 2.85 bits per heavy atom. The minimum atomic E-state index is -0.893. The molecule has 0 aromatic carbocycles. The van der Waals surface area contributed by atoms with E-state index in [1.54, 1.807) is 4.90 Å². The number of likely N-dealkylation sites (tertiary alicyclic amines) is 1. The number of carboxylic acid groups (broad SMARTS) is 1. The van der Waals surface area contributed by atoms with Gasteiger partial charge in [-0.3, -0.25) is 4.79 Å². The lowest BCUT2D eigenvalue weighted by Gasteiger charge is -2.35. The summed E-state index contributed by atoms with van der Waals surface area (Å²) in [5.41, 5.74) is 0. The van der Waals surface area contributed by atoms with Gasteiger partial charge in [0.25, 0.3) is 0 Å². The third-order valence-electron chi connectivity index (χ3n) is 4.13. The first-order valence-electron chi connectivity index (χ1n) is 7.49. The van der Waals surface area contributed by atoms with Gasteiger partial charge in [-0.25, -0.2) is 4.79 Å². The predicted molar refractivity (Wildman–Crippen MR) is 73.4 cm³/mol. The summed E-state index contributed by atoms with van der Waals surface area (Å²) >= 11 is 0. The van der Waals surface area contributed by atoms with E-state index in [9.17, 15) is 14.7 Å². The molecule has 2 saturated heterocycles. The zero-order valence-electron chi connectivity index (χ0n) is 12.0. The second-order valence-corrected chi connectivity index (χ2v) is 5.59. The Hall–Kier alpha value is -1.14. The number of nitrogens with zero attached hydrogens (tertiary/aromatic N) is 1. The van der Waals surface area contributed by atoms with E-state index in [0.29, 0.717) is 26.2 Å². The van der Waals surface area contributed by atoms with Crippen LogP contribution in [0.25, 0.3) is 0 Å². The smallest absolute Gasteiger partial charge is 0.326 e. The molecule has 2 N–H and O–H groups in total. The van der Waals surface area contributed by atoms with Crippen molar-refractivity contribution in [2.45, 2.75) is 44.7 Å². The van der Waals surface area contributed by atoms with Crippen LogP contribution in [-0.2, 0) is 14.3 Å². The summed E-state index contributed by atoms with van der Waals surface area (Å²) in [6, 6.07) is -0.650. The molecule has 2 fully saturated rings. The van der Waals surface area contributed by atoms with Crippen molar-refractivity contribution >= 4 is 11.9 Å². The van der Waals surface area contributed by atoms with Gasteiger partial charge in [-0.1, -0.05) is 6.92 Å². The first-order chi connectivity index (χ1) is 9.65. The second-order valence-electron chi connectivity index (χ2n) is 5.59. The number of amides is 1. The topological polar surface area (TPSA) is 78.9 Å². The molecule has 6 nitrogen and oxygen atoms in total. The van der Waals surface area contributed by atoms with Crippen LogP contribution < -0.4 is 5.32 Å². The van der Waals surface area contributed by atoms with Gasteiger partial charge >= 0.3 is 5.97 Å². The largest absolute Gasteiger partial charge is 0.480 e. The van der Waals surface area contributed by atoms with Gasteiger partial charge in [-0.15, -0.1) is 0 Å². The standard InChI is InChI=1S/C14H24N2O4/c1-2-6-15-11-9-20-8-10(11)13(17)16-7-4-3-5-12(16)14(18)19/h10-12,15H,2-9H2,1H3,(H,18,19)/t10?,11?,12-/m0/s1. The Morgan fingerprint density at radius 1 is 1.35 bits per heavy atom. The lowest BCUT2D eigenvalue weighted by Crippen LogP contribution is -2.53. The normalized spacial score (nSPS) is 30.4. The van der Waals surface area contributed by atoms with Crippen molar-refractivity contribution < 1.29 is 19.4 Å². The molecule has 0 aromatic heterocycles. The van der Waals surface area contributed by atoms with E-state index in [0.717, 1.165) is 25.8 Å². The molecule has 2 unspecified atom stereocenters. The van der Waals surface area contributed by atoms with Crippen molar-refractivity contribution in [2.75, 3.05) is 26.3 Å². The maximum Gasteiger partial charge on any atom is 0.326 e. The van der Waals surface area contributed by atoms with Crippen LogP contribution in [0.3, 0.4) is 0 Å². The van der Waals surface area contributed by atoms with Crippen LogP contribution in [0.1, 0.15) is 32.6 Å². The van der Waals surface area contributed by atoms with Gasteiger partial charge in [0.1, 0.15) is 6.04 Å². The molecule has 2 aliphatic heterocycles. The molecule has 0 bridgehead atoms. The molecule has 0 radical (unpaired) electrons. The summed E-state index contributed by atoms with van der Waals surface area (Å²) in [4.78, 5) is 25.5. The molecule has 0 spiro atoms. The zero-order chi connectivity index (χ0) is 14.5. The number of carbonyl (C=O) groups excluding carboxylic acids is 1. The van der Waals surface area contributed by atoms with Gasteiger partial charge in [0.15, 0.2) is 0 Å². The molecule has 1 amide bonds. The third-order valence-corrected chi connectivity index (χ3v) is 4.13. The van der Waals surface area contributed by atoms with E-state index in [1.165, 1.54) is 0 Å². The number of rotatable bonds is 5. The van der Waals surface area contributed by atoms with Crippen LogP contribution in [0.4, 0.5) is 0 Å². The van der Waals surface area contributed by atoms with Gasteiger partial charge in [0, 0.05) is 12.6 Å². The van der Waals surface area contributed by atoms with Gasteiger partial charge in [-0.2, -0.15) is 0 Å². The summed E-state index contributed by atoms with van der Waals surface area (Å²) in [6.07, 6.45) is 3.32. The number of ether oxygens (including phenoxy) is 1. The SMILES string of the molecule is CCCNC1COCC1C(=O)N1CCCC[C@H]1C(=O)O. The number of carbonyl (C=O) groups is 2. The average molecular weight is 284 g/mol. The lowest BCUT2D eigenvalue weighted by atomic mass is 9.96. The molecule has 0 aromatic rings. The molecule has 20 heavy (non-hydrogen) atoms. The van der Waals surface area contributed by atoms with E-state index < -0.39 is 12.0 Å². The van der Waals surface area contributed by atoms with Crippen molar-refractivity contribution in [1.29, 1.82) is 0 Å². The highest BCUT2D eigenvalue weighted by atomic mass is 16.5. The second kappa shape index (κ2) is 7.04. The Kier molecular flexibility index (Phi) is 5.37. The van der Waals surface area contributed by atoms with Gasteiger partial charge < -0.3 is 20.1 Å². The van der Waals surface area contributed by atoms with Crippen LogP contribution in [0.5, 0.6) is 0 Å². The van der Waals surface area contributed by atoms with Crippen LogP contribution in [0.15, 0.2) is 0 Å². The highest BCUT2D eigenvalue weighted by Crippen LogP contribution is 2.23. The van der Waals surface area contributed by atoms with Crippen molar-refractivity contribution in [3.8, 4) is 0 Å². The quantitative estimate of drug-likeness (QED) is 0.767. The van der Waals surface area contributed by atoms with Crippen LogP contribution in [0.2, 0.25) is 0 Å². The van der Waals surface area contributed by atoms with Crippen molar-refractivity contribution in [2.24, 2.45) is 5.92 Å². The summed E-state index contributed by atoms with van der Waals surface area (Å²) in [7, 11) is 0. The van der Waals surface area contributed by atoms with Crippen molar-refractivity contribution in [1.82, 2.24) is 10.2 Å². The summed E-state index contributed by atoms with van der Waals surface area (Å²) in [6.45, 7) is 4.39. The number of carboxylic acids is 1. The van der Waals surface area contributed by atoms with E-state index in [2.05, 4.69) is 12.2 Å². The fourth-order valence-corrected chi connectivity index (χ4v) is 2.99. The van der Waals surface area contributed by atoms with Crippen LogP contribution in [-0.4, -0.2) is 60.3 Å². The molecule has 114 valence electrons. The van der Waals surface area contributed by atoms with Crippen molar-refractivity contribution in [3.05, 3.63) is 0 Å². The molecular formula is C14H24N2O4. The Morgan fingerprint density at radius 2 is 2.15 bits per heavy atom. The van der Waals surface area contributed by atoms with E-state index in [4.69, 9.17) is 4.74 Å². The van der Waals surface area contributed by atoms with Gasteiger partial charge in [0.05, 0.1) is 19.1 Å². The van der Waals surface area contributed by atoms with Crippen LogP contribution >= 0.6 is 0 Å². The molecule has 2 rings (SSSR count). The molecule has 6 heteroatoms. The maximum atomic E-state index is 12.6. The van der Waals surface area contributed by atoms with Gasteiger partial charge in [-0.05, 0) is 32.2 Å². The molecule has 0 aliphatic carbocycles. The zero-order valence-corrected chi connectivity index (χ0v) is 12.0. The maximum absolute atomic E-state index is 12.6. The monoisotopic (exact) mass is 284 g/mol. The third kappa shape index (κ3) is 3.30. The van der Waals surface area contributed by atoms with E-state index in [-0.39, 0.29) is 17.9 Å². The molecular weight excluding hydrogens is 260 g/mol. The lowest BCUT2D eigenvalue weighted by molar-refractivity contribution is -0.154. The van der Waals surface area contributed by atoms with Gasteiger partial charge in [0.2, 0.25) is 5.91 Å². The number of hydrogen-bond acceptors (Lipinski definition) is 4. The Bertz CT molecular complexity index is 361. The molecule has 0 saturated carbocycles. The highest BCUT2D eigenvalue weighted by molar-refractivity contribution is 5.86. The Balaban J connectivity index is 2.02. The van der Waals surface area contributed by atoms with E-state index >= 15 is 0 Å². The van der Waals surface area contributed by atoms with E-state index in [1.807, 2.05) is 0 Å². The minimum absolute atomic E-state index is 0.0128. The average Bonchev–Trinajstić information content (AvgIpc) is 2.92. The molecule has 2 aliphatic rings. The van der Waals surface area contributed by atoms with Crippen molar-refractivity contribution in [3.63, 3.8) is 0 Å². The number of hydrogen-bond donors (Lipinski definition) is 2. The summed E-state index contributed by atoms with van der Waals surface area (Å²) in [5.74, 6) is -1.21. The summed E-state index contributed by atoms with van der Waals surface area (Å²) < 4.78 is 5.42. The Labute approximate surface area is 119 Å². The number of nitrogens with one attached hydrogen (secondary N) is 1. The molecule has 2 heterocycles. The predicted octanol–water partition coefficient (Wildman–Crippen LogP) is 0.467. The van der Waals surface area contributed by atoms with Crippen LogP contribution in [0, 0.1) is 5.92 Å². The molecule has 3 atom stereocenters. The first-order valence-corrected chi connectivity index (χ1v) is 7.49. The number of aliphatic carboxylic acids is 1. The first kappa shape index (κ1) is 15.3. The number of piperidine rings is 1.